The summed E-state index contributed by atoms with van der Waals surface area (Å²) in [6.45, 7) is -0.486. The van der Waals surface area contributed by atoms with Crippen molar-refractivity contribution in [2.24, 2.45) is 17.6 Å². The number of aromatic hydroxyl groups is 1. The van der Waals surface area contributed by atoms with Crippen LogP contribution in [0.1, 0.15) is 23.1 Å². The first-order valence-corrected chi connectivity index (χ1v) is 13.0. The van der Waals surface area contributed by atoms with Crippen molar-refractivity contribution in [1.29, 1.82) is 0 Å². The van der Waals surface area contributed by atoms with Gasteiger partial charge in [-0.3, -0.25) is 19.3 Å². The summed E-state index contributed by atoms with van der Waals surface area (Å²) in [5.74, 6) is -9.32. The fourth-order valence-corrected chi connectivity index (χ4v) is 6.10. The maximum atomic E-state index is 15.4. The number of sulfonamides is 1. The van der Waals surface area contributed by atoms with E-state index in [1.54, 1.807) is 0 Å². The molecule has 0 radical (unpaired) electrons. The van der Waals surface area contributed by atoms with Gasteiger partial charge in [0.1, 0.15) is 28.7 Å². The van der Waals surface area contributed by atoms with Crippen molar-refractivity contribution in [2.75, 3.05) is 20.4 Å². The van der Waals surface area contributed by atoms with Gasteiger partial charge in [-0.1, -0.05) is 0 Å². The topological polar surface area (TPSA) is 208 Å². The molecule has 200 valence electrons. The SMILES string of the molecule is CN(C)[C@@H]1C(=O)C(C(N)=O)=C(O)[C@@]2(O)C(=O)C3=C(O)c4c(O)cc(CNS(C)(=O)=O)c(F)c4C[C@H]3C[C@@H]12. The van der Waals surface area contributed by atoms with Gasteiger partial charge in [0.2, 0.25) is 15.8 Å². The van der Waals surface area contributed by atoms with Gasteiger partial charge >= 0.3 is 0 Å². The summed E-state index contributed by atoms with van der Waals surface area (Å²) in [7, 11) is -0.764. The van der Waals surface area contributed by atoms with Crippen molar-refractivity contribution in [3.63, 3.8) is 0 Å². The van der Waals surface area contributed by atoms with E-state index in [4.69, 9.17) is 5.73 Å². The third kappa shape index (κ3) is 3.91. The Morgan fingerprint density at radius 1 is 1.27 bits per heavy atom. The quantitative estimate of drug-likeness (QED) is 0.256. The molecule has 0 bridgehead atoms. The number of halogens is 1. The zero-order valence-electron chi connectivity index (χ0n) is 20.1. The van der Waals surface area contributed by atoms with Crippen LogP contribution < -0.4 is 10.5 Å². The van der Waals surface area contributed by atoms with E-state index in [-0.39, 0.29) is 24.0 Å². The Bertz CT molecular complexity index is 1430. The first kappa shape index (κ1) is 26.7. The van der Waals surface area contributed by atoms with Crippen molar-refractivity contribution in [3.05, 3.63) is 45.5 Å². The number of carbonyl (C=O) groups excluding carboxylic acids is 3. The van der Waals surface area contributed by atoms with E-state index in [2.05, 4.69) is 4.72 Å². The number of Topliss-reactive ketones (excluding diaryl/α,β-unsaturated/α-hetero) is 2. The average Bonchev–Trinajstić information content (AvgIpc) is 2.76. The van der Waals surface area contributed by atoms with Crippen molar-refractivity contribution in [1.82, 2.24) is 9.62 Å². The largest absolute Gasteiger partial charge is 0.508 e. The molecule has 3 aliphatic rings. The molecule has 4 atom stereocenters. The first-order chi connectivity index (χ1) is 17.0. The van der Waals surface area contributed by atoms with Crippen molar-refractivity contribution < 1.29 is 47.6 Å². The van der Waals surface area contributed by atoms with Crippen molar-refractivity contribution >= 4 is 33.3 Å². The highest BCUT2D eigenvalue weighted by Crippen LogP contribution is 2.53. The number of nitrogens with two attached hydrogens (primary N) is 1. The van der Waals surface area contributed by atoms with Gasteiger partial charge in [-0.15, -0.1) is 0 Å². The standard InChI is InChI=1S/C23H26FN3O9S/c1-27(2)17-11-5-8-4-10-14(12(28)6-9(16(10)24)7-26-37(3,35)36)18(29)13(8)20(31)23(11,34)21(32)15(19(17)30)22(25)33/h6,8,11,17,26,28-29,32,34H,4-5,7H2,1-3H3,(H2,25,33)/t8-,11-,17-,23-/m0/s1. The number of rotatable bonds is 5. The number of hydrogen-bond acceptors (Lipinski definition) is 10. The highest BCUT2D eigenvalue weighted by atomic mass is 32.2. The highest BCUT2D eigenvalue weighted by Gasteiger charge is 2.64. The summed E-state index contributed by atoms with van der Waals surface area (Å²) in [4.78, 5) is 40.0. The van der Waals surface area contributed by atoms with Gasteiger partial charge in [0.25, 0.3) is 5.91 Å². The van der Waals surface area contributed by atoms with E-state index in [9.17, 15) is 43.2 Å². The lowest BCUT2D eigenvalue weighted by Gasteiger charge is -2.50. The summed E-state index contributed by atoms with van der Waals surface area (Å²) in [5.41, 5.74) is 0.315. The van der Waals surface area contributed by atoms with Gasteiger partial charge in [-0.25, -0.2) is 17.5 Å². The van der Waals surface area contributed by atoms with Crippen LogP contribution in [0.5, 0.6) is 5.75 Å². The summed E-state index contributed by atoms with van der Waals surface area (Å²) in [6.07, 6.45) is 0.428. The number of aliphatic hydroxyl groups is 3. The van der Waals surface area contributed by atoms with Crippen LogP contribution in [0.3, 0.4) is 0 Å². The zero-order valence-corrected chi connectivity index (χ0v) is 20.9. The molecular weight excluding hydrogens is 513 g/mol. The van der Waals surface area contributed by atoms with E-state index in [0.29, 0.717) is 0 Å². The lowest BCUT2D eigenvalue weighted by molar-refractivity contribution is -0.153. The number of hydrogen-bond donors (Lipinski definition) is 6. The minimum absolute atomic E-state index is 0.184. The summed E-state index contributed by atoms with van der Waals surface area (Å²) in [6, 6.07) is -0.362. The van der Waals surface area contributed by atoms with Crippen LogP contribution in [0.15, 0.2) is 23.0 Å². The second-order valence-electron chi connectivity index (χ2n) is 9.78. The minimum atomic E-state index is -3.69. The second kappa shape index (κ2) is 8.62. The van der Waals surface area contributed by atoms with Crippen LogP contribution in [0.2, 0.25) is 0 Å². The van der Waals surface area contributed by atoms with Gasteiger partial charge in [0, 0.05) is 29.2 Å². The fourth-order valence-electron chi connectivity index (χ4n) is 5.68. The average molecular weight is 540 g/mol. The molecule has 1 aromatic carbocycles. The van der Waals surface area contributed by atoms with E-state index in [1.807, 2.05) is 0 Å². The molecule has 1 saturated carbocycles. The zero-order chi connectivity index (χ0) is 27.8. The number of likely N-dealkylation sites (N-methyl/N-ethyl adjacent to an activating group) is 1. The third-order valence-corrected chi connectivity index (χ3v) is 7.92. The molecule has 0 unspecified atom stereocenters. The number of nitrogens with zero attached hydrogens (tertiary/aromatic N) is 1. The Labute approximate surface area is 210 Å². The van der Waals surface area contributed by atoms with Crippen LogP contribution in [-0.2, 0) is 37.4 Å². The Morgan fingerprint density at radius 2 is 1.89 bits per heavy atom. The maximum absolute atomic E-state index is 15.4. The number of carbonyl (C=O) groups is 3. The number of benzene rings is 1. The van der Waals surface area contributed by atoms with Crippen molar-refractivity contribution in [3.8, 4) is 5.75 Å². The number of aliphatic hydroxyl groups excluding tert-OH is 2. The number of amides is 1. The second-order valence-corrected chi connectivity index (χ2v) is 11.6. The van der Waals surface area contributed by atoms with Crippen LogP contribution >= 0.6 is 0 Å². The molecule has 4 rings (SSSR count). The first-order valence-electron chi connectivity index (χ1n) is 11.1. The van der Waals surface area contributed by atoms with Crippen LogP contribution in [-0.4, -0.2) is 83.2 Å². The van der Waals surface area contributed by atoms with E-state index < -0.39 is 97.3 Å². The summed E-state index contributed by atoms with van der Waals surface area (Å²) in [5, 5.41) is 43.9. The molecule has 7 N–H and O–H groups in total. The maximum Gasteiger partial charge on any atom is 0.255 e. The van der Waals surface area contributed by atoms with Crippen molar-refractivity contribution in [2.45, 2.75) is 31.0 Å². The molecule has 3 aliphatic carbocycles. The molecule has 0 spiro atoms. The molecule has 37 heavy (non-hydrogen) atoms. The predicted molar refractivity (Wildman–Crippen MR) is 126 cm³/mol. The number of phenolic OH excluding ortho intramolecular Hbond substituents is 1. The molecule has 0 aliphatic heterocycles. The fraction of sp³-hybridized carbons (Fsp3) is 0.435. The van der Waals surface area contributed by atoms with Crippen LogP contribution in [0.25, 0.3) is 5.76 Å². The Balaban J connectivity index is 1.91. The van der Waals surface area contributed by atoms with E-state index in [1.165, 1.54) is 19.0 Å². The monoisotopic (exact) mass is 539 g/mol. The molecule has 1 fully saturated rings. The predicted octanol–water partition coefficient (Wildman–Crippen LogP) is -0.848. The van der Waals surface area contributed by atoms with Gasteiger partial charge in [0.05, 0.1) is 17.9 Å². The Kier molecular flexibility index (Phi) is 6.22. The van der Waals surface area contributed by atoms with E-state index in [0.717, 1.165) is 12.3 Å². The van der Waals surface area contributed by atoms with Gasteiger partial charge in [-0.2, -0.15) is 0 Å². The molecular formula is C23H26FN3O9S. The molecule has 1 amide bonds. The molecule has 0 saturated heterocycles. The molecule has 0 heterocycles. The Hall–Kier alpha value is -3.33. The van der Waals surface area contributed by atoms with E-state index >= 15 is 4.39 Å². The van der Waals surface area contributed by atoms with Crippen LogP contribution in [0, 0.1) is 17.7 Å². The number of fused-ring (bicyclic) bond motifs is 3. The van der Waals surface area contributed by atoms with Gasteiger partial charge in [0.15, 0.2) is 11.4 Å². The molecule has 0 aromatic heterocycles. The van der Waals surface area contributed by atoms with Gasteiger partial charge in [-0.05, 0) is 38.9 Å². The summed E-state index contributed by atoms with van der Waals surface area (Å²) < 4.78 is 40.4. The van der Waals surface area contributed by atoms with Crippen LogP contribution in [0.4, 0.5) is 4.39 Å². The Morgan fingerprint density at radius 3 is 2.43 bits per heavy atom. The summed E-state index contributed by atoms with van der Waals surface area (Å²) >= 11 is 0. The minimum Gasteiger partial charge on any atom is -0.508 e. The third-order valence-electron chi connectivity index (χ3n) is 7.25. The highest BCUT2D eigenvalue weighted by molar-refractivity contribution is 7.88. The molecule has 12 nitrogen and oxygen atoms in total. The molecule has 14 heteroatoms. The lowest BCUT2D eigenvalue weighted by atomic mass is 9.57. The number of nitrogens with one attached hydrogen (secondary N) is 1. The van der Waals surface area contributed by atoms with Gasteiger partial charge < -0.3 is 26.2 Å². The normalized spacial score (nSPS) is 27.8. The lowest BCUT2D eigenvalue weighted by Crippen LogP contribution is -2.65. The number of ketones is 2. The number of phenols is 1. The smallest absolute Gasteiger partial charge is 0.255 e. The molecule has 1 aromatic rings. The number of primary amides is 1.